The minimum atomic E-state index is -0.267. The summed E-state index contributed by atoms with van der Waals surface area (Å²) in [5.41, 5.74) is 1.47. The Morgan fingerprint density at radius 3 is 3.11 bits per heavy atom. The number of hydrogen-bond donors (Lipinski definition) is 1. The Bertz CT molecular complexity index is 1120. The lowest BCUT2D eigenvalue weighted by molar-refractivity contribution is 0.328. The van der Waals surface area contributed by atoms with Crippen molar-refractivity contribution in [2.75, 3.05) is 18.0 Å². The Morgan fingerprint density at radius 1 is 1.33 bits per heavy atom. The largest absolute Gasteiger partial charge is 0.356 e. The van der Waals surface area contributed by atoms with Crippen LogP contribution in [0.3, 0.4) is 0 Å². The van der Waals surface area contributed by atoms with E-state index in [1.165, 1.54) is 12.1 Å². The van der Waals surface area contributed by atoms with Crippen LogP contribution in [0.4, 0.5) is 10.2 Å². The highest BCUT2D eigenvalue weighted by atomic mass is 19.1. The number of halogens is 1. The zero-order chi connectivity index (χ0) is 18.4. The molecular formula is C19H19FN6O. The van der Waals surface area contributed by atoms with Gasteiger partial charge < -0.3 is 14.4 Å². The van der Waals surface area contributed by atoms with Crippen LogP contribution < -0.4 is 4.90 Å². The Balaban J connectivity index is 1.50. The summed E-state index contributed by atoms with van der Waals surface area (Å²) in [6.45, 7) is 3.62. The predicted octanol–water partition coefficient (Wildman–Crippen LogP) is 3.40. The van der Waals surface area contributed by atoms with Crippen LogP contribution in [-0.2, 0) is 6.42 Å². The summed E-state index contributed by atoms with van der Waals surface area (Å²) in [5.74, 6) is 2.41. The van der Waals surface area contributed by atoms with Gasteiger partial charge in [-0.25, -0.2) is 14.4 Å². The summed E-state index contributed by atoms with van der Waals surface area (Å²) in [6, 6.07) is 4.76. The number of nitrogens with one attached hydrogen (secondary N) is 1. The topological polar surface area (TPSA) is 83.7 Å². The molecule has 0 unspecified atom stereocenters. The van der Waals surface area contributed by atoms with Crippen LogP contribution in [0, 0.1) is 18.7 Å². The molecule has 27 heavy (non-hydrogen) atoms. The fourth-order valence-electron chi connectivity index (χ4n) is 4.02. The predicted molar refractivity (Wildman–Crippen MR) is 99.0 cm³/mol. The standard InChI is InChI=1S/C19H19FN6O/c1-11-23-16(27-25-11)7-12-3-2-6-26(9-12)19-17-14-5-4-13(20)8-15(14)24-18(17)21-10-22-19/h4-5,8,10,12H,2-3,6-7,9H2,1H3,(H,21,22,24)/t12-/m1/s1. The summed E-state index contributed by atoms with van der Waals surface area (Å²) in [6.07, 6.45) is 4.52. The van der Waals surface area contributed by atoms with Gasteiger partial charge >= 0.3 is 0 Å². The van der Waals surface area contributed by atoms with E-state index in [1.807, 2.05) is 6.92 Å². The molecule has 138 valence electrons. The molecule has 0 aliphatic carbocycles. The van der Waals surface area contributed by atoms with Gasteiger partial charge in [0.15, 0.2) is 5.82 Å². The zero-order valence-electron chi connectivity index (χ0n) is 14.9. The number of anilines is 1. The maximum Gasteiger partial charge on any atom is 0.226 e. The number of aryl methyl sites for hydroxylation is 1. The van der Waals surface area contributed by atoms with Gasteiger partial charge in [0.25, 0.3) is 0 Å². The minimum absolute atomic E-state index is 0.267. The SMILES string of the molecule is Cc1noc(C[C@H]2CCCN(c3ncnc4[nH]c5cc(F)ccc5c34)C2)n1. The molecule has 1 fully saturated rings. The Hall–Kier alpha value is -3.03. The fourth-order valence-corrected chi connectivity index (χ4v) is 4.02. The third-order valence-corrected chi connectivity index (χ3v) is 5.18. The van der Waals surface area contributed by atoms with Crippen LogP contribution in [0.5, 0.6) is 0 Å². The van der Waals surface area contributed by atoms with E-state index in [1.54, 1.807) is 12.4 Å². The first-order valence-corrected chi connectivity index (χ1v) is 9.13. The van der Waals surface area contributed by atoms with Crippen molar-refractivity contribution in [1.82, 2.24) is 25.1 Å². The third kappa shape index (κ3) is 2.90. The molecule has 1 aromatic carbocycles. The van der Waals surface area contributed by atoms with Crippen molar-refractivity contribution in [3.05, 3.63) is 42.1 Å². The zero-order valence-corrected chi connectivity index (χ0v) is 14.9. The van der Waals surface area contributed by atoms with E-state index in [4.69, 9.17) is 4.52 Å². The molecule has 1 aliphatic rings. The Morgan fingerprint density at radius 2 is 2.26 bits per heavy atom. The van der Waals surface area contributed by atoms with E-state index in [2.05, 4.69) is 30.0 Å². The van der Waals surface area contributed by atoms with E-state index in [9.17, 15) is 4.39 Å². The summed E-state index contributed by atoms with van der Waals surface area (Å²) in [5, 5.41) is 5.77. The number of piperidine rings is 1. The molecule has 8 heteroatoms. The van der Waals surface area contributed by atoms with Crippen LogP contribution in [-0.4, -0.2) is 38.2 Å². The molecule has 7 nitrogen and oxygen atoms in total. The van der Waals surface area contributed by atoms with Gasteiger partial charge in [-0.05, 0) is 43.9 Å². The number of benzene rings is 1. The van der Waals surface area contributed by atoms with Gasteiger partial charge in [-0.15, -0.1) is 0 Å². The van der Waals surface area contributed by atoms with Gasteiger partial charge in [-0.1, -0.05) is 5.16 Å². The highest BCUT2D eigenvalue weighted by Crippen LogP contribution is 2.33. The fraction of sp³-hybridized carbons (Fsp3) is 0.368. The van der Waals surface area contributed by atoms with Gasteiger partial charge in [0, 0.05) is 24.9 Å². The van der Waals surface area contributed by atoms with Gasteiger partial charge in [0.05, 0.1) is 10.9 Å². The highest BCUT2D eigenvalue weighted by Gasteiger charge is 2.25. The minimum Gasteiger partial charge on any atom is -0.356 e. The normalized spacial score (nSPS) is 17.9. The molecule has 1 saturated heterocycles. The molecule has 0 radical (unpaired) electrons. The number of aromatic amines is 1. The Kier molecular flexibility index (Phi) is 3.77. The average molecular weight is 366 g/mol. The van der Waals surface area contributed by atoms with Gasteiger partial charge in [-0.3, -0.25) is 0 Å². The smallest absolute Gasteiger partial charge is 0.226 e. The van der Waals surface area contributed by atoms with Crippen molar-refractivity contribution in [3.8, 4) is 0 Å². The van der Waals surface area contributed by atoms with Crippen molar-refractivity contribution in [3.63, 3.8) is 0 Å². The number of hydrogen-bond acceptors (Lipinski definition) is 6. The summed E-state index contributed by atoms with van der Waals surface area (Å²) >= 11 is 0. The third-order valence-electron chi connectivity index (χ3n) is 5.18. The maximum atomic E-state index is 13.6. The van der Waals surface area contributed by atoms with E-state index >= 15 is 0 Å². The highest BCUT2D eigenvalue weighted by molar-refractivity contribution is 6.11. The van der Waals surface area contributed by atoms with Crippen molar-refractivity contribution in [2.45, 2.75) is 26.2 Å². The van der Waals surface area contributed by atoms with E-state index < -0.39 is 0 Å². The van der Waals surface area contributed by atoms with Crippen LogP contribution in [0.25, 0.3) is 21.9 Å². The molecule has 5 rings (SSSR count). The number of fused-ring (bicyclic) bond motifs is 3. The lowest BCUT2D eigenvalue weighted by Crippen LogP contribution is -2.37. The number of aromatic nitrogens is 5. The second kappa shape index (κ2) is 6.29. The quantitative estimate of drug-likeness (QED) is 0.598. The van der Waals surface area contributed by atoms with Crippen molar-refractivity contribution in [1.29, 1.82) is 0 Å². The second-order valence-corrected chi connectivity index (χ2v) is 7.13. The summed E-state index contributed by atoms with van der Waals surface area (Å²) in [4.78, 5) is 18.7. The monoisotopic (exact) mass is 366 g/mol. The molecule has 1 aliphatic heterocycles. The van der Waals surface area contributed by atoms with E-state index in [0.29, 0.717) is 17.6 Å². The van der Waals surface area contributed by atoms with E-state index in [-0.39, 0.29) is 5.82 Å². The molecule has 4 aromatic rings. The number of rotatable bonds is 3. The molecule has 0 bridgehead atoms. The molecule has 3 aromatic heterocycles. The molecule has 0 saturated carbocycles. The first-order valence-electron chi connectivity index (χ1n) is 9.13. The first-order chi connectivity index (χ1) is 13.2. The van der Waals surface area contributed by atoms with Gasteiger partial charge in [-0.2, -0.15) is 4.98 Å². The molecule has 0 spiro atoms. The number of H-pyrrole nitrogens is 1. The van der Waals surface area contributed by atoms with Crippen LogP contribution >= 0.6 is 0 Å². The van der Waals surface area contributed by atoms with Crippen molar-refractivity contribution < 1.29 is 8.91 Å². The number of nitrogens with zero attached hydrogens (tertiary/aromatic N) is 5. The molecule has 4 heterocycles. The average Bonchev–Trinajstić information content (AvgIpc) is 3.24. The Labute approximate surface area is 154 Å². The van der Waals surface area contributed by atoms with Crippen molar-refractivity contribution >= 4 is 27.8 Å². The summed E-state index contributed by atoms with van der Waals surface area (Å²) in [7, 11) is 0. The van der Waals surface area contributed by atoms with E-state index in [0.717, 1.165) is 60.1 Å². The molecule has 1 N–H and O–H groups in total. The lowest BCUT2D eigenvalue weighted by atomic mass is 9.94. The van der Waals surface area contributed by atoms with Crippen LogP contribution in [0.15, 0.2) is 29.0 Å². The maximum absolute atomic E-state index is 13.6. The van der Waals surface area contributed by atoms with Gasteiger partial charge in [0.2, 0.25) is 5.89 Å². The van der Waals surface area contributed by atoms with Crippen LogP contribution in [0.1, 0.15) is 24.6 Å². The van der Waals surface area contributed by atoms with Gasteiger partial charge in [0.1, 0.15) is 23.6 Å². The van der Waals surface area contributed by atoms with Crippen molar-refractivity contribution in [2.24, 2.45) is 5.92 Å². The molecule has 1 atom stereocenters. The molecule has 0 amide bonds. The molecular weight excluding hydrogens is 347 g/mol. The lowest BCUT2D eigenvalue weighted by Gasteiger charge is -2.33. The first kappa shape index (κ1) is 16.2. The van der Waals surface area contributed by atoms with Crippen LogP contribution in [0.2, 0.25) is 0 Å². The second-order valence-electron chi connectivity index (χ2n) is 7.13. The summed E-state index contributed by atoms with van der Waals surface area (Å²) < 4.78 is 18.9.